The molecule has 0 radical (unpaired) electrons. The van der Waals surface area contributed by atoms with Crippen molar-refractivity contribution in [2.75, 3.05) is 0 Å². The van der Waals surface area contributed by atoms with E-state index in [0.29, 0.717) is 5.78 Å². The van der Waals surface area contributed by atoms with Crippen molar-refractivity contribution in [2.45, 2.75) is 65.2 Å². The largest absolute Gasteiger partial charge is 0.300 e. The number of hydrogen-bond donors (Lipinski definition) is 0. The molecule has 1 nitrogen and oxygen atoms in total. The van der Waals surface area contributed by atoms with Gasteiger partial charge in [0.1, 0.15) is 5.78 Å². The molecule has 0 heterocycles. The van der Waals surface area contributed by atoms with Gasteiger partial charge in [-0.1, -0.05) is 39.5 Å². The van der Waals surface area contributed by atoms with Crippen LogP contribution in [-0.2, 0) is 4.79 Å². The Morgan fingerprint density at radius 2 is 1.29 bits per heavy atom. The van der Waals surface area contributed by atoms with E-state index in [0.717, 1.165) is 32.1 Å². The smallest absolute Gasteiger partial charge is 0.132 e. The molecule has 0 saturated carbocycles. The SMILES string of the molecule is CCCCCCC(=O)CCCC.Cl.Cl. The second-order valence-electron chi connectivity index (χ2n) is 3.45. The standard InChI is InChI=1S/C11H22O.2ClH/c1-3-5-7-8-10-11(12)9-6-4-2;;/h3-10H2,1-2H3;2*1H. The molecule has 0 amide bonds. The van der Waals surface area contributed by atoms with Crippen LogP contribution in [-0.4, -0.2) is 5.78 Å². The Balaban J connectivity index is -0.000000605. The van der Waals surface area contributed by atoms with Crippen LogP contribution in [0.25, 0.3) is 0 Å². The summed E-state index contributed by atoms with van der Waals surface area (Å²) in [5.74, 6) is 0.466. The summed E-state index contributed by atoms with van der Waals surface area (Å²) in [5, 5.41) is 0. The van der Waals surface area contributed by atoms with E-state index in [9.17, 15) is 4.79 Å². The minimum absolute atomic E-state index is 0. The van der Waals surface area contributed by atoms with E-state index in [2.05, 4.69) is 13.8 Å². The van der Waals surface area contributed by atoms with E-state index < -0.39 is 0 Å². The van der Waals surface area contributed by atoms with Gasteiger partial charge in [0.15, 0.2) is 0 Å². The Bertz CT molecular complexity index is 116. The Hall–Kier alpha value is 0.250. The van der Waals surface area contributed by atoms with Gasteiger partial charge in [0.2, 0.25) is 0 Å². The lowest BCUT2D eigenvalue weighted by Gasteiger charge is -1.98. The predicted molar refractivity (Wildman–Crippen MR) is 67.8 cm³/mol. The number of ketones is 1. The number of hydrogen-bond acceptors (Lipinski definition) is 1. The summed E-state index contributed by atoms with van der Waals surface area (Å²) in [6.07, 6.45) is 8.71. The summed E-state index contributed by atoms with van der Waals surface area (Å²) in [4.78, 5) is 11.2. The van der Waals surface area contributed by atoms with E-state index in [1.165, 1.54) is 19.3 Å². The van der Waals surface area contributed by atoms with Crippen LogP contribution in [0.4, 0.5) is 0 Å². The van der Waals surface area contributed by atoms with Crippen molar-refractivity contribution in [1.29, 1.82) is 0 Å². The quantitative estimate of drug-likeness (QED) is 0.571. The number of unbranched alkanes of at least 4 members (excludes halogenated alkanes) is 4. The molecule has 14 heavy (non-hydrogen) atoms. The van der Waals surface area contributed by atoms with E-state index in [-0.39, 0.29) is 24.8 Å². The highest BCUT2D eigenvalue weighted by Gasteiger charge is 1.99. The highest BCUT2D eigenvalue weighted by Crippen LogP contribution is 2.06. The van der Waals surface area contributed by atoms with Gasteiger partial charge in [-0.05, 0) is 12.8 Å². The van der Waals surface area contributed by atoms with Crippen molar-refractivity contribution in [1.82, 2.24) is 0 Å². The fraction of sp³-hybridized carbons (Fsp3) is 0.909. The lowest BCUT2D eigenvalue weighted by atomic mass is 10.1. The molecule has 0 atom stereocenters. The molecule has 0 aromatic rings. The van der Waals surface area contributed by atoms with Crippen molar-refractivity contribution in [3.63, 3.8) is 0 Å². The molecule has 0 aromatic heterocycles. The third-order valence-electron chi connectivity index (χ3n) is 2.12. The minimum atomic E-state index is 0. The van der Waals surface area contributed by atoms with Crippen LogP contribution in [0.3, 0.4) is 0 Å². The van der Waals surface area contributed by atoms with E-state index >= 15 is 0 Å². The molecule has 0 bridgehead atoms. The summed E-state index contributed by atoms with van der Waals surface area (Å²) in [6, 6.07) is 0. The number of Topliss-reactive ketones (excluding diaryl/α,β-unsaturated/α-hetero) is 1. The van der Waals surface area contributed by atoms with Crippen LogP contribution in [0.5, 0.6) is 0 Å². The topological polar surface area (TPSA) is 17.1 Å². The maximum absolute atomic E-state index is 11.2. The molecular weight excluding hydrogens is 219 g/mol. The lowest BCUT2D eigenvalue weighted by Crippen LogP contribution is -1.96. The molecule has 0 rings (SSSR count). The van der Waals surface area contributed by atoms with Crippen molar-refractivity contribution in [3.8, 4) is 0 Å². The summed E-state index contributed by atoms with van der Waals surface area (Å²) < 4.78 is 0. The molecule has 0 aromatic carbocycles. The Morgan fingerprint density at radius 3 is 1.79 bits per heavy atom. The molecule has 0 fully saturated rings. The Labute approximate surface area is 101 Å². The average Bonchev–Trinajstić information content (AvgIpc) is 2.09. The molecular formula is C11H24Cl2O. The maximum atomic E-state index is 11.2. The van der Waals surface area contributed by atoms with Crippen molar-refractivity contribution >= 4 is 30.6 Å². The average molecular weight is 243 g/mol. The molecule has 0 aliphatic rings. The molecule has 88 valence electrons. The van der Waals surface area contributed by atoms with Gasteiger partial charge >= 0.3 is 0 Å². The summed E-state index contributed by atoms with van der Waals surface area (Å²) >= 11 is 0. The Kier molecular flexibility index (Phi) is 22.2. The predicted octanol–water partition coefficient (Wildman–Crippen LogP) is 4.56. The third-order valence-corrected chi connectivity index (χ3v) is 2.12. The van der Waals surface area contributed by atoms with Gasteiger partial charge in [-0.25, -0.2) is 0 Å². The highest BCUT2D eigenvalue weighted by molar-refractivity contribution is 5.85. The van der Waals surface area contributed by atoms with Gasteiger partial charge in [0.05, 0.1) is 0 Å². The van der Waals surface area contributed by atoms with Crippen LogP contribution in [0, 0.1) is 0 Å². The van der Waals surface area contributed by atoms with Gasteiger partial charge in [-0.3, -0.25) is 4.79 Å². The zero-order valence-corrected chi connectivity index (χ0v) is 11.0. The van der Waals surface area contributed by atoms with Gasteiger partial charge < -0.3 is 0 Å². The fourth-order valence-electron chi connectivity index (χ4n) is 1.25. The first-order valence-corrected chi connectivity index (χ1v) is 5.33. The molecule has 3 heteroatoms. The normalized spacial score (nSPS) is 8.71. The van der Waals surface area contributed by atoms with Crippen LogP contribution < -0.4 is 0 Å². The zero-order valence-electron chi connectivity index (χ0n) is 9.38. The molecule has 0 saturated heterocycles. The monoisotopic (exact) mass is 242 g/mol. The molecule has 0 aliphatic carbocycles. The Morgan fingerprint density at radius 1 is 0.786 bits per heavy atom. The summed E-state index contributed by atoms with van der Waals surface area (Å²) in [6.45, 7) is 4.32. The minimum Gasteiger partial charge on any atom is -0.300 e. The van der Waals surface area contributed by atoms with Crippen molar-refractivity contribution < 1.29 is 4.79 Å². The lowest BCUT2D eigenvalue weighted by molar-refractivity contribution is -0.119. The van der Waals surface area contributed by atoms with E-state index in [1.54, 1.807) is 0 Å². The van der Waals surface area contributed by atoms with Crippen LogP contribution in [0.15, 0.2) is 0 Å². The van der Waals surface area contributed by atoms with Gasteiger partial charge in [-0.2, -0.15) is 0 Å². The second kappa shape index (κ2) is 15.7. The van der Waals surface area contributed by atoms with Crippen LogP contribution >= 0.6 is 24.8 Å². The number of rotatable bonds is 8. The molecule has 0 N–H and O–H groups in total. The van der Waals surface area contributed by atoms with Gasteiger partial charge in [0.25, 0.3) is 0 Å². The van der Waals surface area contributed by atoms with Crippen molar-refractivity contribution in [3.05, 3.63) is 0 Å². The first-order valence-electron chi connectivity index (χ1n) is 5.33. The van der Waals surface area contributed by atoms with Crippen LogP contribution in [0.2, 0.25) is 0 Å². The second-order valence-corrected chi connectivity index (χ2v) is 3.45. The first-order chi connectivity index (χ1) is 5.81. The van der Waals surface area contributed by atoms with E-state index in [1.807, 2.05) is 0 Å². The number of carbonyl (C=O) groups is 1. The zero-order chi connectivity index (χ0) is 9.23. The maximum Gasteiger partial charge on any atom is 0.132 e. The molecule has 0 unspecified atom stereocenters. The van der Waals surface area contributed by atoms with Gasteiger partial charge in [0, 0.05) is 12.8 Å². The van der Waals surface area contributed by atoms with Crippen molar-refractivity contribution in [2.24, 2.45) is 0 Å². The van der Waals surface area contributed by atoms with Gasteiger partial charge in [-0.15, -0.1) is 24.8 Å². The third kappa shape index (κ3) is 14.8. The summed E-state index contributed by atoms with van der Waals surface area (Å²) in [7, 11) is 0. The fourth-order valence-corrected chi connectivity index (χ4v) is 1.25. The molecule has 0 spiro atoms. The number of halogens is 2. The van der Waals surface area contributed by atoms with E-state index in [4.69, 9.17) is 0 Å². The number of carbonyl (C=O) groups excluding carboxylic acids is 1. The first kappa shape index (κ1) is 19.8. The molecule has 0 aliphatic heterocycles. The van der Waals surface area contributed by atoms with Crippen LogP contribution in [0.1, 0.15) is 65.2 Å². The highest BCUT2D eigenvalue weighted by atomic mass is 35.5. The summed E-state index contributed by atoms with van der Waals surface area (Å²) in [5.41, 5.74) is 0.